The van der Waals surface area contributed by atoms with Gasteiger partial charge >= 0.3 is 0 Å². The molecule has 0 spiro atoms. The Balaban J connectivity index is 1.76. The second-order valence-corrected chi connectivity index (χ2v) is 11.3. The normalized spacial score (nSPS) is 13.1. The smallest absolute Gasteiger partial charge is 0.140 e. The van der Waals surface area contributed by atoms with Crippen molar-refractivity contribution in [2.75, 3.05) is 0 Å². The second kappa shape index (κ2) is 15.0. The number of aliphatic imine (C=N–C) groups is 2. The van der Waals surface area contributed by atoms with Crippen LogP contribution in [0.3, 0.4) is 0 Å². The average molecular weight is 701 g/mol. The molecule has 0 aliphatic heterocycles. The van der Waals surface area contributed by atoms with E-state index in [1.807, 2.05) is 24.3 Å². The van der Waals surface area contributed by atoms with E-state index in [0.717, 1.165) is 0 Å². The van der Waals surface area contributed by atoms with E-state index in [2.05, 4.69) is 11.7 Å². The molecule has 53 heavy (non-hydrogen) atoms. The first-order valence-electron chi connectivity index (χ1n) is 15.5. The molecule has 4 aromatic carbocycles. The van der Waals surface area contributed by atoms with E-state index in [1.165, 1.54) is 97.1 Å². The maximum absolute atomic E-state index is 14.1. The lowest BCUT2D eigenvalue weighted by Crippen LogP contribution is -2.19. The molecule has 0 N–H and O–H groups in total. The molecule has 6 rings (SSSR count). The van der Waals surface area contributed by atoms with Crippen molar-refractivity contribution in [2.24, 2.45) is 9.98 Å². The Bertz CT molecular complexity index is 2560. The Morgan fingerprint density at radius 2 is 0.925 bits per heavy atom. The molecule has 1 heterocycles. The fourth-order valence-electron chi connectivity index (χ4n) is 5.68. The zero-order chi connectivity index (χ0) is 37.6. The number of nitrogens with zero attached hydrogens (tertiary/aromatic N) is 8. The second-order valence-electron chi connectivity index (χ2n) is 11.3. The summed E-state index contributed by atoms with van der Waals surface area (Å²) in [5.74, 6) is -2.16. The summed E-state index contributed by atoms with van der Waals surface area (Å²) >= 11 is 0. The standard InChI is InChI=1S/C41H20F4N8/c1-50-36(23-2-10-29(42)11-3-23)37(24-4-12-30(43)13-5-24)51-34-18-33(27(19-46)20-47)40-41(35(34)28(21-48)22-49)53-39(26-8-16-32(45)17-9-26)38(52-40)25-6-14-31(44)15-7-25/h2-17H,1,18H2/b37-36-,51-34+. The molecule has 8 nitrogen and oxygen atoms in total. The van der Waals surface area contributed by atoms with Gasteiger partial charge in [0.1, 0.15) is 64.4 Å². The number of fused-ring (bicyclic) bond motifs is 1. The van der Waals surface area contributed by atoms with Gasteiger partial charge in [-0.05, 0) is 104 Å². The van der Waals surface area contributed by atoms with Crippen LogP contribution in [0.4, 0.5) is 17.6 Å². The minimum Gasteiger partial charge on any atom is -0.262 e. The highest BCUT2D eigenvalue weighted by molar-refractivity contribution is 6.32. The molecular formula is C41H20F4N8. The van der Waals surface area contributed by atoms with Crippen LogP contribution in [0.15, 0.2) is 118 Å². The van der Waals surface area contributed by atoms with E-state index in [-0.39, 0.29) is 63.0 Å². The van der Waals surface area contributed by atoms with Gasteiger partial charge in [0.2, 0.25) is 0 Å². The molecule has 0 atom stereocenters. The quantitative estimate of drug-likeness (QED) is 0.0748. The highest BCUT2D eigenvalue weighted by atomic mass is 19.1. The Hall–Kier alpha value is -7.80. The van der Waals surface area contributed by atoms with Crippen LogP contribution < -0.4 is 0 Å². The average Bonchev–Trinajstić information content (AvgIpc) is 3.17. The molecule has 1 aliphatic carbocycles. The third-order valence-corrected chi connectivity index (χ3v) is 8.15. The number of aromatic nitrogens is 2. The molecule has 0 unspecified atom stereocenters. The predicted octanol–water partition coefficient (Wildman–Crippen LogP) is 9.04. The number of benzene rings is 4. The molecule has 1 aliphatic rings. The minimum absolute atomic E-state index is 0.0231. The molecular weight excluding hydrogens is 680 g/mol. The van der Waals surface area contributed by atoms with Crippen molar-refractivity contribution in [3.05, 3.63) is 154 Å². The summed E-state index contributed by atoms with van der Waals surface area (Å²) < 4.78 is 56.2. The lowest BCUT2D eigenvalue weighted by Gasteiger charge is -2.25. The summed E-state index contributed by atoms with van der Waals surface area (Å²) in [5, 5.41) is 40.7. The maximum atomic E-state index is 14.1. The largest absolute Gasteiger partial charge is 0.262 e. The van der Waals surface area contributed by atoms with Gasteiger partial charge in [0, 0.05) is 34.2 Å². The molecule has 252 valence electrons. The first-order valence-corrected chi connectivity index (χ1v) is 15.5. The Labute approximate surface area is 300 Å². The lowest BCUT2D eigenvalue weighted by atomic mass is 9.83. The van der Waals surface area contributed by atoms with E-state index in [9.17, 15) is 38.6 Å². The third-order valence-electron chi connectivity index (χ3n) is 8.15. The summed E-state index contributed by atoms with van der Waals surface area (Å²) in [7, 11) is 0. The number of halogens is 4. The molecule has 0 bridgehead atoms. The summed E-state index contributed by atoms with van der Waals surface area (Å²) in [4.78, 5) is 18.8. The Morgan fingerprint density at radius 3 is 1.34 bits per heavy atom. The minimum atomic E-state index is -0.558. The first-order chi connectivity index (χ1) is 25.7. The topological polar surface area (TPSA) is 146 Å². The number of nitriles is 4. The van der Waals surface area contributed by atoms with Gasteiger partial charge in [0.05, 0.1) is 39.8 Å². The third kappa shape index (κ3) is 6.98. The van der Waals surface area contributed by atoms with Crippen molar-refractivity contribution >= 4 is 35.0 Å². The van der Waals surface area contributed by atoms with Crippen LogP contribution in [0.1, 0.15) is 28.9 Å². The van der Waals surface area contributed by atoms with Crippen LogP contribution >= 0.6 is 0 Å². The van der Waals surface area contributed by atoms with Crippen LogP contribution in [-0.4, -0.2) is 22.4 Å². The van der Waals surface area contributed by atoms with Gasteiger partial charge < -0.3 is 0 Å². The molecule has 1 aromatic heterocycles. The Kier molecular flexibility index (Phi) is 9.91. The van der Waals surface area contributed by atoms with E-state index < -0.39 is 28.8 Å². The monoisotopic (exact) mass is 700 g/mol. The van der Waals surface area contributed by atoms with Crippen molar-refractivity contribution < 1.29 is 17.6 Å². The van der Waals surface area contributed by atoms with Gasteiger partial charge in [-0.15, -0.1) is 0 Å². The highest BCUT2D eigenvalue weighted by Gasteiger charge is 2.34. The molecule has 0 fully saturated rings. The van der Waals surface area contributed by atoms with Gasteiger partial charge in [-0.3, -0.25) is 4.99 Å². The van der Waals surface area contributed by atoms with Crippen LogP contribution in [-0.2, 0) is 0 Å². The van der Waals surface area contributed by atoms with Gasteiger partial charge in [-0.25, -0.2) is 32.5 Å². The summed E-state index contributed by atoms with van der Waals surface area (Å²) in [6, 6.07) is 28.5. The van der Waals surface area contributed by atoms with E-state index >= 15 is 0 Å². The van der Waals surface area contributed by atoms with E-state index in [1.54, 1.807) is 0 Å². The van der Waals surface area contributed by atoms with Crippen LogP contribution in [0.2, 0.25) is 0 Å². The molecule has 0 saturated heterocycles. The maximum Gasteiger partial charge on any atom is 0.140 e. The predicted molar refractivity (Wildman–Crippen MR) is 190 cm³/mol. The SMILES string of the molecule is C=N/C(=C(\N=C1/CC(=C(C#N)C#N)c2nc(-c3ccc(F)cc3)c(-c3ccc(F)cc3)nc2C1=C(C#N)C#N)c1ccc(F)cc1)c1ccc(F)cc1. The van der Waals surface area contributed by atoms with Crippen LogP contribution in [0.25, 0.3) is 45.1 Å². The lowest BCUT2D eigenvalue weighted by molar-refractivity contribution is 0.627. The summed E-state index contributed by atoms with van der Waals surface area (Å²) in [6.45, 7) is 3.67. The number of hydrogen-bond donors (Lipinski definition) is 0. The fourth-order valence-corrected chi connectivity index (χ4v) is 5.68. The molecule has 0 amide bonds. The van der Waals surface area contributed by atoms with Crippen LogP contribution in [0, 0.1) is 68.6 Å². The van der Waals surface area contributed by atoms with Gasteiger partial charge in [-0.2, -0.15) is 21.0 Å². The zero-order valence-electron chi connectivity index (χ0n) is 27.2. The van der Waals surface area contributed by atoms with Crippen LogP contribution in [0.5, 0.6) is 0 Å². The fraction of sp³-hybridized carbons (Fsp3) is 0.0244. The molecule has 0 saturated carbocycles. The van der Waals surface area contributed by atoms with Crippen molar-refractivity contribution in [2.45, 2.75) is 6.42 Å². The van der Waals surface area contributed by atoms with Gasteiger partial charge in [-0.1, -0.05) is 0 Å². The van der Waals surface area contributed by atoms with Crippen molar-refractivity contribution in [3.8, 4) is 46.8 Å². The van der Waals surface area contributed by atoms with Gasteiger partial charge in [0.25, 0.3) is 0 Å². The zero-order valence-corrected chi connectivity index (χ0v) is 27.2. The number of rotatable bonds is 6. The van der Waals surface area contributed by atoms with Crippen molar-refractivity contribution in [1.82, 2.24) is 9.97 Å². The first kappa shape index (κ1) is 35.0. The van der Waals surface area contributed by atoms with E-state index in [4.69, 9.17) is 15.0 Å². The summed E-state index contributed by atoms with van der Waals surface area (Å²) in [5.41, 5.74) is 0.811. The number of allylic oxidation sites excluding steroid dienone is 4. The highest BCUT2D eigenvalue weighted by Crippen LogP contribution is 2.43. The van der Waals surface area contributed by atoms with Gasteiger partial charge in [0.15, 0.2) is 0 Å². The molecule has 5 aromatic rings. The molecule has 12 heteroatoms. The van der Waals surface area contributed by atoms with Crippen molar-refractivity contribution in [1.29, 1.82) is 21.0 Å². The number of hydrogen-bond acceptors (Lipinski definition) is 8. The molecule has 0 radical (unpaired) electrons. The van der Waals surface area contributed by atoms with Crippen molar-refractivity contribution in [3.63, 3.8) is 0 Å². The Morgan fingerprint density at radius 1 is 0.528 bits per heavy atom. The summed E-state index contributed by atoms with van der Waals surface area (Å²) in [6.07, 6.45) is -0.336. The van der Waals surface area contributed by atoms with E-state index in [0.29, 0.717) is 22.3 Å².